The average Bonchev–Trinajstić information content (AvgIpc) is 3.66. The number of hydrogen-bond acceptors (Lipinski definition) is 6. The Morgan fingerprint density at radius 2 is 1.81 bits per heavy atom. The number of carbonyl (C=O) groups is 2. The molecule has 3 aliphatic heterocycles. The van der Waals surface area contributed by atoms with E-state index < -0.39 is 0 Å². The first-order valence-corrected chi connectivity index (χ1v) is 15.1. The Balaban J connectivity index is 1.73. The standard InChI is InChI=1S/C35H38N4O4/c1-8-21-17(4)25-13-27-19(6)23(11-12-31(40)42-10-3)33(38-27)24-16-43-35(41)32-20(7)28(39-34(24)32)15-30-22(9-2)18(5)26(37-30)14-29(21)36-25/h8,13-15,19,23,36-37H,1,9-12,16H2,2-7H3/t19-,23-/m0/s1. The molecular formula is C35H38N4O4. The van der Waals surface area contributed by atoms with Crippen molar-refractivity contribution in [1.82, 2.24) is 19.9 Å². The van der Waals surface area contributed by atoms with Crippen LogP contribution in [-0.2, 0) is 32.1 Å². The molecule has 0 amide bonds. The van der Waals surface area contributed by atoms with Gasteiger partial charge in [0.25, 0.3) is 0 Å². The molecular weight excluding hydrogens is 540 g/mol. The van der Waals surface area contributed by atoms with Gasteiger partial charge in [0.1, 0.15) is 6.61 Å². The summed E-state index contributed by atoms with van der Waals surface area (Å²) >= 11 is 0. The van der Waals surface area contributed by atoms with E-state index in [-0.39, 0.29) is 36.8 Å². The van der Waals surface area contributed by atoms with Crippen LogP contribution < -0.4 is 0 Å². The number of fused-ring (bicyclic) bond motifs is 8. The lowest BCUT2D eigenvalue weighted by atomic mass is 9.85. The summed E-state index contributed by atoms with van der Waals surface area (Å²) in [6.07, 6.45) is 3.57. The Kier molecular flexibility index (Phi) is 7.32. The zero-order valence-electron chi connectivity index (χ0n) is 25.7. The van der Waals surface area contributed by atoms with E-state index in [4.69, 9.17) is 19.4 Å². The summed E-state index contributed by atoms with van der Waals surface area (Å²) in [4.78, 5) is 43.0. The fourth-order valence-corrected chi connectivity index (χ4v) is 6.77. The van der Waals surface area contributed by atoms with Crippen LogP contribution in [0.3, 0.4) is 0 Å². The van der Waals surface area contributed by atoms with Crippen molar-refractivity contribution >= 4 is 51.2 Å². The van der Waals surface area contributed by atoms with E-state index in [1.807, 2.05) is 26.0 Å². The van der Waals surface area contributed by atoms with Crippen molar-refractivity contribution in [2.45, 2.75) is 79.2 Å². The number of rotatable bonds is 6. The van der Waals surface area contributed by atoms with Crippen molar-refractivity contribution in [2.24, 2.45) is 0 Å². The van der Waals surface area contributed by atoms with Gasteiger partial charge in [0.2, 0.25) is 0 Å². The Labute approximate surface area is 251 Å². The van der Waals surface area contributed by atoms with Gasteiger partial charge in [-0.25, -0.2) is 9.78 Å². The van der Waals surface area contributed by atoms with Crippen LogP contribution in [0.25, 0.3) is 39.3 Å². The second kappa shape index (κ2) is 11.0. The van der Waals surface area contributed by atoms with Gasteiger partial charge in [-0.15, -0.1) is 0 Å². The summed E-state index contributed by atoms with van der Waals surface area (Å²) in [5.74, 6) is -0.660. The summed E-state index contributed by atoms with van der Waals surface area (Å²) < 4.78 is 11.0. The number of ether oxygens (including phenoxy) is 2. The fourth-order valence-electron chi connectivity index (χ4n) is 6.77. The van der Waals surface area contributed by atoms with Crippen LogP contribution in [0.1, 0.15) is 103 Å². The number of cyclic esters (lactones) is 1. The minimum atomic E-state index is -0.370. The molecule has 3 aromatic rings. The van der Waals surface area contributed by atoms with Crippen LogP contribution in [0.5, 0.6) is 0 Å². The molecule has 6 rings (SSSR count). The molecule has 0 fully saturated rings. The zero-order valence-corrected chi connectivity index (χ0v) is 25.7. The van der Waals surface area contributed by atoms with Gasteiger partial charge in [-0.1, -0.05) is 26.5 Å². The summed E-state index contributed by atoms with van der Waals surface area (Å²) in [5, 5.41) is 0. The van der Waals surface area contributed by atoms with Gasteiger partial charge in [0, 0.05) is 57.1 Å². The van der Waals surface area contributed by atoms with Crippen LogP contribution in [0, 0.1) is 13.8 Å². The number of hydrogen-bond donors (Lipinski definition) is 2. The first-order chi connectivity index (χ1) is 20.7. The normalized spacial score (nSPS) is 17.7. The molecule has 8 nitrogen and oxygen atoms in total. The number of aromatic nitrogens is 4. The maximum Gasteiger partial charge on any atom is 0.341 e. The molecule has 0 saturated heterocycles. The number of esters is 2. The van der Waals surface area contributed by atoms with Gasteiger partial charge in [-0.05, 0) is 81.0 Å². The van der Waals surface area contributed by atoms with Gasteiger partial charge < -0.3 is 19.4 Å². The van der Waals surface area contributed by atoms with Crippen LogP contribution in [0.4, 0.5) is 0 Å². The SMILES string of the molecule is C=Cc1c(C)c2cc3nc(c4c5nc(cc6[nH]c(cc1[nH]2)c(C)c6CC)C(C)=C5C(=O)OC4)[C@@H](CCC(=O)OCC)[C@@H]3C. The van der Waals surface area contributed by atoms with E-state index in [2.05, 4.69) is 56.4 Å². The molecule has 0 radical (unpaired) electrons. The highest BCUT2D eigenvalue weighted by Gasteiger charge is 2.37. The molecule has 2 atom stereocenters. The molecule has 0 unspecified atom stereocenters. The van der Waals surface area contributed by atoms with Crippen LogP contribution >= 0.6 is 0 Å². The Morgan fingerprint density at radius 1 is 1.07 bits per heavy atom. The summed E-state index contributed by atoms with van der Waals surface area (Å²) in [7, 11) is 0. The number of nitrogens with one attached hydrogen (secondary N) is 2. The zero-order chi connectivity index (χ0) is 30.6. The third-order valence-corrected chi connectivity index (χ3v) is 9.25. The highest BCUT2D eigenvalue weighted by molar-refractivity contribution is 6.26. The molecule has 3 aliphatic rings. The van der Waals surface area contributed by atoms with E-state index in [0.29, 0.717) is 24.3 Å². The molecule has 43 heavy (non-hydrogen) atoms. The number of nitrogens with zero attached hydrogens (tertiary/aromatic N) is 2. The van der Waals surface area contributed by atoms with Crippen LogP contribution in [-0.4, -0.2) is 38.5 Å². The lowest BCUT2D eigenvalue weighted by molar-refractivity contribution is -0.143. The molecule has 3 aromatic heterocycles. The molecule has 2 N–H and O–H groups in total. The van der Waals surface area contributed by atoms with E-state index in [0.717, 1.165) is 67.8 Å². The van der Waals surface area contributed by atoms with Crippen LogP contribution in [0.2, 0.25) is 0 Å². The van der Waals surface area contributed by atoms with Gasteiger partial charge in [-0.3, -0.25) is 9.78 Å². The third-order valence-electron chi connectivity index (χ3n) is 9.25. The first kappa shape index (κ1) is 28.6. The van der Waals surface area contributed by atoms with Crippen LogP contribution in [0.15, 0.2) is 24.8 Å². The number of allylic oxidation sites excluding steroid dienone is 1. The van der Waals surface area contributed by atoms with Crippen molar-refractivity contribution in [3.05, 3.63) is 75.4 Å². The van der Waals surface area contributed by atoms with Gasteiger partial charge in [0.05, 0.1) is 29.3 Å². The summed E-state index contributed by atoms with van der Waals surface area (Å²) in [5.41, 5.74) is 13.5. The lowest BCUT2D eigenvalue weighted by Crippen LogP contribution is -2.18. The quantitative estimate of drug-likeness (QED) is 0.296. The van der Waals surface area contributed by atoms with E-state index in [1.165, 1.54) is 11.1 Å². The monoisotopic (exact) mass is 578 g/mol. The maximum atomic E-state index is 13.1. The van der Waals surface area contributed by atoms with E-state index in [1.54, 1.807) is 0 Å². The molecule has 0 aromatic carbocycles. The highest BCUT2D eigenvalue weighted by atomic mass is 16.5. The molecule has 6 heterocycles. The smallest absolute Gasteiger partial charge is 0.341 e. The molecule has 222 valence electrons. The van der Waals surface area contributed by atoms with Crippen molar-refractivity contribution < 1.29 is 19.1 Å². The van der Waals surface area contributed by atoms with Crippen molar-refractivity contribution in [3.8, 4) is 0 Å². The Morgan fingerprint density at radius 3 is 2.53 bits per heavy atom. The molecule has 8 bridgehead atoms. The predicted molar refractivity (Wildman–Crippen MR) is 169 cm³/mol. The second-order valence-electron chi connectivity index (χ2n) is 11.6. The summed E-state index contributed by atoms with van der Waals surface area (Å²) in [6.45, 7) is 16.8. The number of carbonyl (C=O) groups excluding carboxylic acids is 2. The largest absolute Gasteiger partial charge is 0.466 e. The Hall–Kier alpha value is -4.46. The average molecular weight is 579 g/mol. The first-order valence-electron chi connectivity index (χ1n) is 15.1. The lowest BCUT2D eigenvalue weighted by Gasteiger charge is -2.21. The van der Waals surface area contributed by atoms with Crippen molar-refractivity contribution in [3.63, 3.8) is 0 Å². The topological polar surface area (TPSA) is 110 Å². The fraction of sp³-hybridized carbons (Fsp3) is 0.371. The highest BCUT2D eigenvalue weighted by Crippen LogP contribution is 2.45. The maximum absolute atomic E-state index is 13.1. The molecule has 0 saturated carbocycles. The third kappa shape index (κ3) is 4.69. The number of H-pyrrole nitrogens is 2. The predicted octanol–water partition coefficient (Wildman–Crippen LogP) is 7.36. The minimum absolute atomic E-state index is 0.0120. The molecule has 0 spiro atoms. The number of aromatic amines is 2. The number of aryl methyl sites for hydroxylation is 3. The van der Waals surface area contributed by atoms with Crippen molar-refractivity contribution in [1.29, 1.82) is 0 Å². The molecule has 8 heteroatoms. The van der Waals surface area contributed by atoms with Gasteiger partial charge >= 0.3 is 11.9 Å². The Bertz CT molecular complexity index is 1890. The summed E-state index contributed by atoms with van der Waals surface area (Å²) in [6, 6.07) is 6.28. The van der Waals surface area contributed by atoms with Gasteiger partial charge in [-0.2, -0.15) is 0 Å². The van der Waals surface area contributed by atoms with E-state index >= 15 is 0 Å². The minimum Gasteiger partial charge on any atom is -0.466 e. The molecule has 0 aliphatic carbocycles. The second-order valence-corrected chi connectivity index (χ2v) is 11.6. The van der Waals surface area contributed by atoms with E-state index in [9.17, 15) is 9.59 Å². The van der Waals surface area contributed by atoms with Gasteiger partial charge in [0.15, 0.2) is 0 Å². The van der Waals surface area contributed by atoms with Crippen molar-refractivity contribution in [2.75, 3.05) is 6.61 Å².